The summed E-state index contributed by atoms with van der Waals surface area (Å²) in [4.78, 5) is 12.2. The van der Waals surface area contributed by atoms with Gasteiger partial charge >= 0.3 is 0 Å². The molecule has 0 radical (unpaired) electrons. The zero-order valence-corrected chi connectivity index (χ0v) is 11.4. The Hall–Kier alpha value is -1.71. The topological polar surface area (TPSA) is 26.3 Å². The van der Waals surface area contributed by atoms with Crippen molar-refractivity contribution in [3.05, 3.63) is 69.5 Å². The second-order valence-electron chi connectivity index (χ2n) is 4.79. The first-order valence-corrected chi connectivity index (χ1v) is 6.68. The molecule has 20 heavy (non-hydrogen) atoms. The third-order valence-corrected chi connectivity index (χ3v) is 3.72. The Morgan fingerprint density at radius 3 is 2.85 bits per heavy atom. The molecule has 2 nitrogen and oxygen atoms in total. The first-order valence-electron chi connectivity index (χ1n) is 6.31. The molecule has 4 heteroatoms. The lowest BCUT2D eigenvalue weighted by Crippen LogP contribution is -2.06. The second-order valence-corrected chi connectivity index (χ2v) is 5.20. The predicted octanol–water partition coefficient (Wildman–Crippen LogP) is 3.93. The van der Waals surface area contributed by atoms with Gasteiger partial charge in [0.05, 0.1) is 18.2 Å². The summed E-state index contributed by atoms with van der Waals surface area (Å²) in [5.41, 5.74) is 3.03. The molecule has 0 saturated carbocycles. The molecule has 0 spiro atoms. The molecule has 0 aliphatic carbocycles. The minimum Gasteiger partial charge on any atom is -0.372 e. The minimum atomic E-state index is -0.521. The van der Waals surface area contributed by atoms with Gasteiger partial charge in [0, 0.05) is 12.0 Å². The highest BCUT2D eigenvalue weighted by atomic mass is 35.5. The molecule has 1 aliphatic heterocycles. The number of rotatable bonds is 3. The summed E-state index contributed by atoms with van der Waals surface area (Å²) in [6.45, 7) is 1.12. The molecule has 0 aromatic heterocycles. The third kappa shape index (κ3) is 2.47. The second kappa shape index (κ2) is 5.35. The highest BCUT2D eigenvalue weighted by molar-refractivity contribution is 6.30. The van der Waals surface area contributed by atoms with Gasteiger partial charge in [0.1, 0.15) is 5.82 Å². The molecule has 0 fully saturated rings. The number of benzene rings is 2. The van der Waals surface area contributed by atoms with Crippen molar-refractivity contribution in [1.82, 2.24) is 0 Å². The van der Waals surface area contributed by atoms with Crippen LogP contribution in [0, 0.1) is 5.82 Å². The fraction of sp³-hybridized carbons (Fsp3) is 0.188. The Kier molecular flexibility index (Phi) is 3.55. The molecule has 3 rings (SSSR count). The van der Waals surface area contributed by atoms with E-state index in [2.05, 4.69) is 0 Å². The molecule has 102 valence electrons. The summed E-state index contributed by atoms with van der Waals surface area (Å²) >= 11 is 5.72. The summed E-state index contributed by atoms with van der Waals surface area (Å²) < 4.78 is 19.1. The van der Waals surface area contributed by atoms with Gasteiger partial charge in [0.25, 0.3) is 0 Å². The molecule has 0 N–H and O–H groups in total. The zero-order valence-electron chi connectivity index (χ0n) is 10.7. The Morgan fingerprint density at radius 2 is 2.00 bits per heavy atom. The van der Waals surface area contributed by atoms with E-state index in [0.29, 0.717) is 24.3 Å². The van der Waals surface area contributed by atoms with Crippen LogP contribution in [0.3, 0.4) is 0 Å². The van der Waals surface area contributed by atoms with Crippen molar-refractivity contribution in [3.8, 4) is 0 Å². The van der Waals surface area contributed by atoms with E-state index >= 15 is 0 Å². The molecular weight excluding hydrogens is 279 g/mol. The number of hydrogen-bond acceptors (Lipinski definition) is 2. The van der Waals surface area contributed by atoms with Crippen LogP contribution < -0.4 is 0 Å². The molecule has 2 aromatic rings. The molecule has 1 heterocycles. The van der Waals surface area contributed by atoms with Crippen LogP contribution in [0.25, 0.3) is 0 Å². The Morgan fingerprint density at radius 1 is 1.20 bits per heavy atom. The smallest absolute Gasteiger partial charge is 0.167 e. The largest absolute Gasteiger partial charge is 0.372 e. The number of ether oxygens (including phenoxy) is 1. The van der Waals surface area contributed by atoms with Crippen LogP contribution in [0.5, 0.6) is 0 Å². The van der Waals surface area contributed by atoms with E-state index in [1.54, 1.807) is 18.2 Å². The molecule has 2 aromatic carbocycles. The fourth-order valence-electron chi connectivity index (χ4n) is 2.31. The van der Waals surface area contributed by atoms with Gasteiger partial charge < -0.3 is 4.74 Å². The highest BCUT2D eigenvalue weighted by Crippen LogP contribution is 2.23. The maximum Gasteiger partial charge on any atom is 0.167 e. The van der Waals surface area contributed by atoms with Gasteiger partial charge in [-0.05, 0) is 28.8 Å². The van der Waals surface area contributed by atoms with Gasteiger partial charge in [0.15, 0.2) is 5.78 Å². The first-order chi connectivity index (χ1) is 9.65. The summed E-state index contributed by atoms with van der Waals surface area (Å²) in [7, 11) is 0. The third-order valence-electron chi connectivity index (χ3n) is 3.43. The maximum absolute atomic E-state index is 13.8. The highest BCUT2D eigenvalue weighted by Gasteiger charge is 2.16. The SMILES string of the molecule is O=C(Cc1cccc(Cl)c1F)c1ccc2c(c1)COC2. The summed E-state index contributed by atoms with van der Waals surface area (Å²) in [6, 6.07) is 10.2. The van der Waals surface area contributed by atoms with Crippen LogP contribution in [0.1, 0.15) is 27.0 Å². The van der Waals surface area contributed by atoms with Crippen LogP contribution in [0.4, 0.5) is 4.39 Å². The van der Waals surface area contributed by atoms with Gasteiger partial charge in [-0.1, -0.05) is 35.9 Å². The first kappa shape index (κ1) is 13.3. The molecule has 0 saturated heterocycles. The quantitative estimate of drug-likeness (QED) is 0.801. The summed E-state index contributed by atoms with van der Waals surface area (Å²) in [6.07, 6.45) is 0.00599. The van der Waals surface area contributed by atoms with Crippen molar-refractivity contribution in [1.29, 1.82) is 0 Å². The molecule has 0 amide bonds. The zero-order chi connectivity index (χ0) is 14.1. The van der Waals surface area contributed by atoms with E-state index in [-0.39, 0.29) is 17.2 Å². The number of fused-ring (bicyclic) bond motifs is 1. The van der Waals surface area contributed by atoms with Crippen LogP contribution >= 0.6 is 11.6 Å². The predicted molar refractivity (Wildman–Crippen MR) is 74.4 cm³/mol. The molecule has 0 unspecified atom stereocenters. The fourth-order valence-corrected chi connectivity index (χ4v) is 2.50. The van der Waals surface area contributed by atoms with Gasteiger partial charge in [0.2, 0.25) is 0 Å². The van der Waals surface area contributed by atoms with Gasteiger partial charge in [-0.25, -0.2) is 4.39 Å². The van der Waals surface area contributed by atoms with E-state index in [1.807, 2.05) is 12.1 Å². The lowest BCUT2D eigenvalue weighted by molar-refractivity contribution is 0.0991. The van der Waals surface area contributed by atoms with Crippen molar-refractivity contribution in [2.45, 2.75) is 19.6 Å². The molecular formula is C16H12ClFO2. The summed E-state index contributed by atoms with van der Waals surface area (Å²) in [5, 5.41) is 0.0395. The van der Waals surface area contributed by atoms with E-state index in [4.69, 9.17) is 16.3 Å². The minimum absolute atomic E-state index is 0.00599. The van der Waals surface area contributed by atoms with E-state index in [1.165, 1.54) is 6.07 Å². The molecule has 0 atom stereocenters. The average molecular weight is 291 g/mol. The number of ketones is 1. The number of carbonyl (C=O) groups is 1. The number of Topliss-reactive ketones (excluding diaryl/α,β-unsaturated/α-hetero) is 1. The lowest BCUT2D eigenvalue weighted by Gasteiger charge is -2.05. The van der Waals surface area contributed by atoms with Crippen LogP contribution in [-0.2, 0) is 24.4 Å². The van der Waals surface area contributed by atoms with Gasteiger partial charge in [-0.3, -0.25) is 4.79 Å². The number of halogens is 2. The average Bonchev–Trinajstić information content (AvgIpc) is 2.91. The maximum atomic E-state index is 13.8. The van der Waals surface area contributed by atoms with Crippen molar-refractivity contribution < 1.29 is 13.9 Å². The van der Waals surface area contributed by atoms with Crippen LogP contribution in [-0.4, -0.2) is 5.78 Å². The van der Waals surface area contributed by atoms with Crippen molar-refractivity contribution in [2.75, 3.05) is 0 Å². The summed E-state index contributed by atoms with van der Waals surface area (Å²) in [5.74, 6) is -0.645. The molecule has 1 aliphatic rings. The Bertz CT molecular complexity index is 682. The van der Waals surface area contributed by atoms with Crippen LogP contribution in [0.2, 0.25) is 5.02 Å². The van der Waals surface area contributed by atoms with Crippen molar-refractivity contribution >= 4 is 17.4 Å². The number of hydrogen-bond donors (Lipinski definition) is 0. The van der Waals surface area contributed by atoms with Gasteiger partial charge in [-0.2, -0.15) is 0 Å². The van der Waals surface area contributed by atoms with E-state index in [9.17, 15) is 9.18 Å². The molecule has 0 bridgehead atoms. The van der Waals surface area contributed by atoms with Crippen LogP contribution in [0.15, 0.2) is 36.4 Å². The Balaban J connectivity index is 1.84. The van der Waals surface area contributed by atoms with Crippen molar-refractivity contribution in [3.63, 3.8) is 0 Å². The van der Waals surface area contributed by atoms with E-state index in [0.717, 1.165) is 11.1 Å². The van der Waals surface area contributed by atoms with Crippen molar-refractivity contribution in [2.24, 2.45) is 0 Å². The lowest BCUT2D eigenvalue weighted by atomic mass is 9.99. The van der Waals surface area contributed by atoms with Gasteiger partial charge in [-0.15, -0.1) is 0 Å². The Labute approximate surface area is 121 Å². The normalized spacial score (nSPS) is 13.3. The standard InChI is InChI=1S/C16H12ClFO2/c17-14-3-1-2-11(16(14)18)7-15(19)10-4-5-12-8-20-9-13(12)6-10/h1-6H,7-9H2. The monoisotopic (exact) mass is 290 g/mol. The number of carbonyl (C=O) groups excluding carboxylic acids is 1. The van der Waals surface area contributed by atoms with E-state index < -0.39 is 5.82 Å².